The van der Waals surface area contributed by atoms with E-state index in [0.29, 0.717) is 5.82 Å². The molecule has 0 unspecified atom stereocenters. The molecule has 21 heavy (non-hydrogen) atoms. The lowest BCUT2D eigenvalue weighted by Crippen LogP contribution is -2.00. The lowest BCUT2D eigenvalue weighted by Gasteiger charge is -2.11. The molecular weight excluding hydrogens is 262 g/mol. The molecule has 1 N–H and O–H groups in total. The molecule has 3 rings (SSSR count). The molecule has 0 atom stereocenters. The van der Waals surface area contributed by atoms with E-state index in [1.165, 1.54) is 0 Å². The molecular formula is C17H17N3O. The number of para-hydroxylation sites is 2. The van der Waals surface area contributed by atoms with Crippen LogP contribution in [0.4, 0.5) is 5.82 Å². The highest BCUT2D eigenvalue weighted by Gasteiger charge is 2.12. The molecule has 2 aromatic carbocycles. The highest BCUT2D eigenvalue weighted by Crippen LogP contribution is 2.31. The Morgan fingerprint density at radius 3 is 2.57 bits per heavy atom. The third-order valence-electron chi connectivity index (χ3n) is 3.51. The molecule has 0 radical (unpaired) electrons. The topological polar surface area (TPSA) is 47.0 Å². The number of aromatic nitrogens is 2. The van der Waals surface area contributed by atoms with Crippen LogP contribution in [0.5, 0.6) is 5.75 Å². The van der Waals surface area contributed by atoms with Gasteiger partial charge in [-0.1, -0.05) is 24.3 Å². The fourth-order valence-corrected chi connectivity index (χ4v) is 2.44. The van der Waals surface area contributed by atoms with Crippen molar-refractivity contribution in [1.29, 1.82) is 0 Å². The van der Waals surface area contributed by atoms with Gasteiger partial charge in [-0.2, -0.15) is 0 Å². The van der Waals surface area contributed by atoms with Gasteiger partial charge in [-0.15, -0.1) is 0 Å². The first-order chi connectivity index (χ1) is 10.2. The minimum Gasteiger partial charge on any atom is -0.496 e. The predicted octanol–water partition coefficient (Wildman–Crippen LogP) is 3.66. The minimum absolute atomic E-state index is 0.665. The van der Waals surface area contributed by atoms with Gasteiger partial charge in [0, 0.05) is 12.4 Å². The Morgan fingerprint density at radius 1 is 1.00 bits per heavy atom. The maximum Gasteiger partial charge on any atom is 0.165 e. The maximum atomic E-state index is 5.42. The van der Waals surface area contributed by atoms with E-state index in [1.54, 1.807) is 7.11 Å². The van der Waals surface area contributed by atoms with Gasteiger partial charge < -0.3 is 10.1 Å². The monoisotopic (exact) mass is 279 g/mol. The van der Waals surface area contributed by atoms with Crippen molar-refractivity contribution in [2.45, 2.75) is 6.92 Å². The van der Waals surface area contributed by atoms with Crippen molar-refractivity contribution in [1.82, 2.24) is 9.97 Å². The number of hydrogen-bond donors (Lipinski definition) is 1. The number of rotatable bonds is 3. The second-order valence-electron chi connectivity index (χ2n) is 4.82. The third-order valence-corrected chi connectivity index (χ3v) is 3.51. The summed E-state index contributed by atoms with van der Waals surface area (Å²) in [6.45, 7) is 2.06. The predicted molar refractivity (Wildman–Crippen MR) is 85.8 cm³/mol. The molecule has 0 spiro atoms. The van der Waals surface area contributed by atoms with Crippen molar-refractivity contribution in [3.63, 3.8) is 0 Å². The average molecular weight is 279 g/mol. The second kappa shape index (κ2) is 5.40. The van der Waals surface area contributed by atoms with Crippen molar-refractivity contribution < 1.29 is 4.74 Å². The van der Waals surface area contributed by atoms with Crippen LogP contribution in [0.2, 0.25) is 0 Å². The molecule has 106 valence electrons. The molecule has 0 fully saturated rings. The average Bonchev–Trinajstić information content (AvgIpc) is 2.54. The molecule has 0 aliphatic carbocycles. The van der Waals surface area contributed by atoms with E-state index in [2.05, 4.69) is 23.3 Å². The van der Waals surface area contributed by atoms with Crippen molar-refractivity contribution in [3.05, 3.63) is 48.0 Å². The van der Waals surface area contributed by atoms with Crippen LogP contribution in [0.15, 0.2) is 42.5 Å². The van der Waals surface area contributed by atoms with E-state index < -0.39 is 0 Å². The SMILES string of the molecule is CNc1nc(-c2ccccc2OC)nc2c(C)cccc12. The Kier molecular flexibility index (Phi) is 3.44. The van der Waals surface area contributed by atoms with Crippen LogP contribution >= 0.6 is 0 Å². The minimum atomic E-state index is 0.665. The van der Waals surface area contributed by atoms with Crippen LogP contribution in [-0.2, 0) is 0 Å². The van der Waals surface area contributed by atoms with Gasteiger partial charge in [0.1, 0.15) is 11.6 Å². The quantitative estimate of drug-likeness (QED) is 0.795. The van der Waals surface area contributed by atoms with Crippen LogP contribution in [0.25, 0.3) is 22.3 Å². The van der Waals surface area contributed by atoms with Crippen molar-refractivity contribution in [2.75, 3.05) is 19.5 Å². The summed E-state index contributed by atoms with van der Waals surface area (Å²) in [5.74, 6) is 2.26. The van der Waals surface area contributed by atoms with Gasteiger partial charge >= 0.3 is 0 Å². The van der Waals surface area contributed by atoms with E-state index in [0.717, 1.165) is 33.6 Å². The molecule has 0 aliphatic rings. The van der Waals surface area contributed by atoms with Crippen molar-refractivity contribution in [2.24, 2.45) is 0 Å². The highest BCUT2D eigenvalue weighted by molar-refractivity contribution is 5.92. The summed E-state index contributed by atoms with van der Waals surface area (Å²) in [5.41, 5.74) is 2.97. The Balaban J connectivity index is 2.31. The normalized spacial score (nSPS) is 10.6. The standard InChI is InChI=1S/C17H17N3O/c1-11-7-6-9-13-15(11)19-17(20-16(13)18-2)12-8-4-5-10-14(12)21-3/h4-10H,1-3H3,(H,18,19,20). The lowest BCUT2D eigenvalue weighted by atomic mass is 10.1. The maximum absolute atomic E-state index is 5.42. The highest BCUT2D eigenvalue weighted by atomic mass is 16.5. The molecule has 1 aromatic heterocycles. The number of nitrogens with one attached hydrogen (secondary N) is 1. The summed E-state index contributed by atoms with van der Waals surface area (Å²) in [6, 6.07) is 13.9. The van der Waals surface area contributed by atoms with Gasteiger partial charge in [0.25, 0.3) is 0 Å². The molecule has 0 aliphatic heterocycles. The zero-order valence-electron chi connectivity index (χ0n) is 12.3. The van der Waals surface area contributed by atoms with Gasteiger partial charge in [-0.3, -0.25) is 0 Å². The summed E-state index contributed by atoms with van der Waals surface area (Å²) >= 11 is 0. The van der Waals surface area contributed by atoms with E-state index in [1.807, 2.05) is 43.4 Å². The third kappa shape index (κ3) is 2.29. The fraction of sp³-hybridized carbons (Fsp3) is 0.176. The number of nitrogens with zero attached hydrogens (tertiary/aromatic N) is 2. The molecule has 1 heterocycles. The smallest absolute Gasteiger partial charge is 0.165 e. The molecule has 3 aromatic rings. The van der Waals surface area contributed by atoms with Gasteiger partial charge in [0.05, 0.1) is 18.2 Å². The summed E-state index contributed by atoms with van der Waals surface area (Å²) in [4.78, 5) is 9.37. The van der Waals surface area contributed by atoms with Crippen LogP contribution in [0.1, 0.15) is 5.56 Å². The lowest BCUT2D eigenvalue weighted by molar-refractivity contribution is 0.416. The molecule has 4 heteroatoms. The first-order valence-corrected chi connectivity index (χ1v) is 6.83. The Labute approximate surface area is 123 Å². The van der Waals surface area contributed by atoms with Crippen LogP contribution in [0.3, 0.4) is 0 Å². The molecule has 0 amide bonds. The van der Waals surface area contributed by atoms with E-state index in [4.69, 9.17) is 9.72 Å². The zero-order valence-corrected chi connectivity index (χ0v) is 12.3. The number of hydrogen-bond acceptors (Lipinski definition) is 4. The van der Waals surface area contributed by atoms with Crippen molar-refractivity contribution in [3.8, 4) is 17.1 Å². The summed E-state index contributed by atoms with van der Waals surface area (Å²) in [5, 5.41) is 4.18. The Hall–Kier alpha value is -2.62. The Morgan fingerprint density at radius 2 is 1.81 bits per heavy atom. The fourth-order valence-electron chi connectivity index (χ4n) is 2.44. The second-order valence-corrected chi connectivity index (χ2v) is 4.82. The number of methoxy groups -OCH3 is 1. The zero-order chi connectivity index (χ0) is 14.8. The van der Waals surface area contributed by atoms with Gasteiger partial charge in [0.2, 0.25) is 0 Å². The van der Waals surface area contributed by atoms with Crippen LogP contribution in [-0.4, -0.2) is 24.1 Å². The summed E-state index contributed by atoms with van der Waals surface area (Å²) in [6.07, 6.45) is 0. The molecule has 0 saturated heterocycles. The summed E-state index contributed by atoms with van der Waals surface area (Å²) in [7, 11) is 3.53. The molecule has 0 bridgehead atoms. The Bertz CT molecular complexity index is 799. The summed E-state index contributed by atoms with van der Waals surface area (Å²) < 4.78 is 5.42. The van der Waals surface area contributed by atoms with Gasteiger partial charge in [-0.25, -0.2) is 9.97 Å². The van der Waals surface area contributed by atoms with Gasteiger partial charge in [0.15, 0.2) is 5.82 Å². The van der Waals surface area contributed by atoms with E-state index in [9.17, 15) is 0 Å². The first-order valence-electron chi connectivity index (χ1n) is 6.83. The van der Waals surface area contributed by atoms with E-state index >= 15 is 0 Å². The van der Waals surface area contributed by atoms with Crippen LogP contribution < -0.4 is 10.1 Å². The largest absolute Gasteiger partial charge is 0.496 e. The number of aryl methyl sites for hydroxylation is 1. The number of benzene rings is 2. The number of ether oxygens (including phenoxy) is 1. The van der Waals surface area contributed by atoms with E-state index in [-0.39, 0.29) is 0 Å². The van der Waals surface area contributed by atoms with Crippen molar-refractivity contribution >= 4 is 16.7 Å². The number of anilines is 1. The van der Waals surface area contributed by atoms with Crippen LogP contribution in [0, 0.1) is 6.92 Å². The molecule has 0 saturated carbocycles. The first kappa shape index (κ1) is 13.4. The number of fused-ring (bicyclic) bond motifs is 1. The van der Waals surface area contributed by atoms with Gasteiger partial charge in [-0.05, 0) is 30.7 Å². The molecule has 4 nitrogen and oxygen atoms in total.